The van der Waals surface area contributed by atoms with Crippen molar-refractivity contribution >= 4 is 29.4 Å². The van der Waals surface area contributed by atoms with Crippen LogP contribution in [-0.4, -0.2) is 47.3 Å². The number of pyridine rings is 1. The molecule has 6 heteroatoms. The molecule has 2 rings (SSSR count). The Morgan fingerprint density at radius 3 is 2.76 bits per heavy atom. The zero-order chi connectivity index (χ0) is 15.4. The Labute approximate surface area is 130 Å². The van der Waals surface area contributed by atoms with E-state index in [1.165, 1.54) is 6.20 Å². The van der Waals surface area contributed by atoms with Crippen LogP contribution in [0.25, 0.3) is 0 Å². The van der Waals surface area contributed by atoms with E-state index in [0.29, 0.717) is 24.5 Å². The van der Waals surface area contributed by atoms with Crippen LogP contribution < -0.4 is 0 Å². The summed E-state index contributed by atoms with van der Waals surface area (Å²) in [5, 5.41) is 0.249. The van der Waals surface area contributed by atoms with Crippen LogP contribution in [0.5, 0.6) is 0 Å². The highest BCUT2D eigenvalue weighted by atomic mass is 35.5. The highest BCUT2D eigenvalue weighted by Crippen LogP contribution is 2.27. The van der Waals surface area contributed by atoms with Gasteiger partial charge in [-0.15, -0.1) is 0 Å². The lowest BCUT2D eigenvalue weighted by Crippen LogP contribution is -2.52. The van der Waals surface area contributed by atoms with Crippen LogP contribution in [0.2, 0.25) is 5.15 Å². The van der Waals surface area contributed by atoms with Crippen molar-refractivity contribution in [3.8, 4) is 0 Å². The minimum atomic E-state index is 0.238. The number of carbonyl (C=O) groups is 1. The quantitative estimate of drug-likeness (QED) is 0.372. The molecule has 0 radical (unpaired) electrons. The number of amidine groups is 1. The molecule has 0 bridgehead atoms. The van der Waals surface area contributed by atoms with Gasteiger partial charge in [0.2, 0.25) is 0 Å². The van der Waals surface area contributed by atoms with E-state index in [4.69, 9.17) is 16.3 Å². The fraction of sp³-hybridized carbons (Fsp3) is 0.533. The number of carbonyl (C=O) groups excluding carboxylic acids is 1. The minimum absolute atomic E-state index is 0.238. The molecule has 2 heterocycles. The van der Waals surface area contributed by atoms with E-state index < -0.39 is 0 Å². The number of aliphatic imine (C=N–C) groups is 1. The third-order valence-electron chi connectivity index (χ3n) is 3.56. The van der Waals surface area contributed by atoms with Gasteiger partial charge in [0.05, 0.1) is 25.3 Å². The molecule has 0 amide bonds. The maximum Gasteiger partial charge on any atom is 0.155 e. The standard InChI is InChI=1S/C15H20ClN3O2/c1-4-13(19-10(2)8-21-9-11(19)3)18-14-12(7-20)5-6-17-15(14)16/h5-7,10-11H,4,8-9H2,1-3H3/b18-13+. The number of hydrogen-bond donors (Lipinski definition) is 0. The molecule has 0 spiro atoms. The van der Waals surface area contributed by atoms with Crippen LogP contribution >= 0.6 is 11.6 Å². The number of ether oxygens (including phenoxy) is 1. The molecule has 2 atom stereocenters. The van der Waals surface area contributed by atoms with E-state index in [-0.39, 0.29) is 17.2 Å². The van der Waals surface area contributed by atoms with Crippen LogP contribution in [0.15, 0.2) is 17.3 Å². The second-order valence-electron chi connectivity index (χ2n) is 5.18. The van der Waals surface area contributed by atoms with Gasteiger partial charge in [0, 0.05) is 18.2 Å². The molecule has 0 aliphatic carbocycles. The molecule has 1 saturated heterocycles. The van der Waals surface area contributed by atoms with Gasteiger partial charge in [0.25, 0.3) is 0 Å². The van der Waals surface area contributed by atoms with Crippen molar-refractivity contribution in [2.45, 2.75) is 39.3 Å². The average molecular weight is 310 g/mol. The lowest BCUT2D eigenvalue weighted by molar-refractivity contribution is -0.00147. The van der Waals surface area contributed by atoms with Gasteiger partial charge in [0.15, 0.2) is 11.4 Å². The van der Waals surface area contributed by atoms with Crippen molar-refractivity contribution in [2.24, 2.45) is 4.99 Å². The van der Waals surface area contributed by atoms with Crippen LogP contribution in [-0.2, 0) is 4.74 Å². The van der Waals surface area contributed by atoms with E-state index in [0.717, 1.165) is 18.5 Å². The van der Waals surface area contributed by atoms with Gasteiger partial charge in [-0.25, -0.2) is 9.98 Å². The van der Waals surface area contributed by atoms with Gasteiger partial charge in [-0.3, -0.25) is 4.79 Å². The van der Waals surface area contributed by atoms with Gasteiger partial charge >= 0.3 is 0 Å². The first-order valence-electron chi connectivity index (χ1n) is 7.11. The summed E-state index contributed by atoms with van der Waals surface area (Å²) in [6.45, 7) is 7.59. The predicted molar refractivity (Wildman–Crippen MR) is 83.6 cm³/mol. The Morgan fingerprint density at radius 1 is 1.52 bits per heavy atom. The second-order valence-corrected chi connectivity index (χ2v) is 5.54. The summed E-state index contributed by atoms with van der Waals surface area (Å²) in [5.74, 6) is 0.899. The highest BCUT2D eigenvalue weighted by molar-refractivity contribution is 6.32. The summed E-state index contributed by atoms with van der Waals surface area (Å²) in [6.07, 6.45) is 3.01. The number of morpholine rings is 1. The Balaban J connectivity index is 2.43. The number of rotatable bonds is 3. The number of aldehydes is 1. The lowest BCUT2D eigenvalue weighted by atomic mass is 10.1. The molecule has 114 valence electrons. The monoisotopic (exact) mass is 309 g/mol. The fourth-order valence-electron chi connectivity index (χ4n) is 2.61. The number of hydrogen-bond acceptors (Lipinski definition) is 4. The Kier molecular flexibility index (Phi) is 5.31. The first-order valence-corrected chi connectivity index (χ1v) is 7.49. The van der Waals surface area contributed by atoms with E-state index in [1.54, 1.807) is 6.07 Å². The number of aromatic nitrogens is 1. The Morgan fingerprint density at radius 2 is 2.19 bits per heavy atom. The third-order valence-corrected chi connectivity index (χ3v) is 3.84. The summed E-state index contributed by atoms with van der Waals surface area (Å²) >= 11 is 6.10. The first kappa shape index (κ1) is 15.9. The molecular weight excluding hydrogens is 290 g/mol. The maximum atomic E-state index is 11.2. The molecule has 0 N–H and O–H groups in total. The van der Waals surface area contributed by atoms with Crippen molar-refractivity contribution < 1.29 is 9.53 Å². The molecule has 1 aliphatic heterocycles. The van der Waals surface area contributed by atoms with E-state index in [2.05, 4.69) is 28.7 Å². The molecule has 0 aromatic carbocycles. The maximum absolute atomic E-state index is 11.2. The van der Waals surface area contributed by atoms with Crippen molar-refractivity contribution in [2.75, 3.05) is 13.2 Å². The topological polar surface area (TPSA) is 54.8 Å². The van der Waals surface area contributed by atoms with Crippen molar-refractivity contribution in [3.05, 3.63) is 23.0 Å². The normalized spacial score (nSPS) is 23.2. The van der Waals surface area contributed by atoms with Gasteiger partial charge in [-0.1, -0.05) is 18.5 Å². The summed E-state index contributed by atoms with van der Waals surface area (Å²) in [4.78, 5) is 22.1. The molecule has 1 fully saturated rings. The van der Waals surface area contributed by atoms with Gasteiger partial charge in [0.1, 0.15) is 11.5 Å². The predicted octanol–water partition coefficient (Wildman–Crippen LogP) is 3.10. The SMILES string of the molecule is CC/C(=N\c1c(C=O)ccnc1Cl)N1C(C)COCC1C. The van der Waals surface area contributed by atoms with Gasteiger partial charge in [-0.2, -0.15) is 0 Å². The molecule has 5 nitrogen and oxygen atoms in total. The Hall–Kier alpha value is -1.46. The van der Waals surface area contributed by atoms with E-state index in [9.17, 15) is 4.79 Å². The van der Waals surface area contributed by atoms with Crippen LogP contribution in [0, 0.1) is 0 Å². The van der Waals surface area contributed by atoms with E-state index >= 15 is 0 Å². The summed E-state index contributed by atoms with van der Waals surface area (Å²) in [6, 6.07) is 2.10. The molecular formula is C15H20ClN3O2. The van der Waals surface area contributed by atoms with Crippen molar-refractivity contribution in [3.63, 3.8) is 0 Å². The number of nitrogens with zero attached hydrogens (tertiary/aromatic N) is 3. The summed E-state index contributed by atoms with van der Waals surface area (Å²) in [7, 11) is 0. The first-order chi connectivity index (χ1) is 10.1. The molecule has 0 saturated carbocycles. The molecule has 21 heavy (non-hydrogen) atoms. The highest BCUT2D eigenvalue weighted by Gasteiger charge is 2.27. The molecule has 1 aromatic heterocycles. The molecule has 2 unspecified atom stereocenters. The summed E-state index contributed by atoms with van der Waals surface area (Å²) < 4.78 is 5.55. The van der Waals surface area contributed by atoms with Crippen LogP contribution in [0.1, 0.15) is 37.6 Å². The van der Waals surface area contributed by atoms with Crippen LogP contribution in [0.3, 0.4) is 0 Å². The van der Waals surface area contributed by atoms with Crippen molar-refractivity contribution in [1.29, 1.82) is 0 Å². The zero-order valence-corrected chi connectivity index (χ0v) is 13.3. The van der Waals surface area contributed by atoms with E-state index in [1.807, 2.05) is 6.92 Å². The smallest absolute Gasteiger partial charge is 0.155 e. The summed E-state index contributed by atoms with van der Waals surface area (Å²) in [5.41, 5.74) is 0.895. The van der Waals surface area contributed by atoms with Gasteiger partial charge < -0.3 is 9.64 Å². The molecule has 1 aliphatic rings. The third kappa shape index (κ3) is 3.41. The number of halogens is 1. The fourth-order valence-corrected chi connectivity index (χ4v) is 2.82. The minimum Gasteiger partial charge on any atom is -0.377 e. The largest absolute Gasteiger partial charge is 0.377 e. The lowest BCUT2D eigenvalue weighted by Gasteiger charge is -2.41. The second kappa shape index (κ2) is 7.00. The zero-order valence-electron chi connectivity index (χ0n) is 12.5. The average Bonchev–Trinajstić information content (AvgIpc) is 2.47. The van der Waals surface area contributed by atoms with Gasteiger partial charge in [-0.05, 0) is 19.9 Å². The van der Waals surface area contributed by atoms with Crippen molar-refractivity contribution in [1.82, 2.24) is 9.88 Å². The van der Waals surface area contributed by atoms with Crippen LogP contribution in [0.4, 0.5) is 5.69 Å². The Bertz CT molecular complexity index is 538. The molecule has 1 aromatic rings.